The summed E-state index contributed by atoms with van der Waals surface area (Å²) >= 11 is 0. The van der Waals surface area contributed by atoms with Gasteiger partial charge in [-0.05, 0) is 42.9 Å². The average molecular weight is 263 g/mol. The van der Waals surface area contributed by atoms with Crippen LogP contribution in [0.3, 0.4) is 0 Å². The van der Waals surface area contributed by atoms with Crippen LogP contribution in [0, 0.1) is 17.2 Å². The highest BCUT2D eigenvalue weighted by molar-refractivity contribution is 5.94. The summed E-state index contributed by atoms with van der Waals surface area (Å²) in [5, 5.41) is 0. The van der Waals surface area contributed by atoms with Crippen molar-refractivity contribution in [1.82, 2.24) is 0 Å². The lowest BCUT2D eigenvalue weighted by Gasteiger charge is -2.27. The maximum Gasteiger partial charge on any atom is 0.159 e. The van der Waals surface area contributed by atoms with Crippen LogP contribution in [-0.2, 0) is 0 Å². The van der Waals surface area contributed by atoms with Gasteiger partial charge in [-0.3, -0.25) is 4.79 Å². The fraction of sp³-hybridized carbons (Fsp3) is 0.562. The Labute approximate surface area is 114 Å². The quantitative estimate of drug-likeness (QED) is 0.754. The molecule has 0 saturated carbocycles. The molecule has 1 saturated heterocycles. The van der Waals surface area contributed by atoms with Gasteiger partial charge in [0.15, 0.2) is 5.78 Å². The molecule has 1 unspecified atom stereocenters. The summed E-state index contributed by atoms with van der Waals surface area (Å²) in [6.07, 6.45) is 1.09. The third kappa shape index (κ3) is 2.96. The van der Waals surface area contributed by atoms with E-state index in [1.807, 2.05) is 0 Å². The molecular formula is C16H22FNO. The van der Waals surface area contributed by atoms with Crippen molar-refractivity contribution in [2.24, 2.45) is 11.3 Å². The minimum Gasteiger partial charge on any atom is -0.369 e. The van der Waals surface area contributed by atoms with Crippen molar-refractivity contribution < 1.29 is 9.18 Å². The van der Waals surface area contributed by atoms with Crippen molar-refractivity contribution in [2.45, 2.75) is 34.1 Å². The second kappa shape index (κ2) is 4.95. The van der Waals surface area contributed by atoms with Crippen LogP contribution in [0.4, 0.5) is 10.1 Å². The zero-order valence-corrected chi connectivity index (χ0v) is 12.2. The lowest BCUT2D eigenvalue weighted by atomic mass is 9.80. The van der Waals surface area contributed by atoms with Gasteiger partial charge in [-0.1, -0.05) is 20.8 Å². The first kappa shape index (κ1) is 14.0. The fourth-order valence-electron chi connectivity index (χ4n) is 2.67. The molecule has 1 heterocycles. The predicted molar refractivity (Wildman–Crippen MR) is 76.2 cm³/mol. The van der Waals surface area contributed by atoms with Crippen LogP contribution >= 0.6 is 0 Å². The third-order valence-corrected chi connectivity index (χ3v) is 4.11. The molecule has 0 N–H and O–H groups in total. The Morgan fingerprint density at radius 3 is 2.53 bits per heavy atom. The molecule has 0 amide bonds. The summed E-state index contributed by atoms with van der Waals surface area (Å²) < 4.78 is 14.1. The molecule has 0 radical (unpaired) electrons. The Morgan fingerprint density at radius 1 is 1.37 bits per heavy atom. The monoisotopic (exact) mass is 263 g/mol. The number of hydrogen-bond acceptors (Lipinski definition) is 2. The van der Waals surface area contributed by atoms with Crippen LogP contribution in [0.5, 0.6) is 0 Å². The van der Waals surface area contributed by atoms with Gasteiger partial charge in [0, 0.05) is 18.7 Å². The Morgan fingerprint density at radius 2 is 2.05 bits per heavy atom. The van der Waals surface area contributed by atoms with Crippen LogP contribution in [-0.4, -0.2) is 18.9 Å². The summed E-state index contributed by atoms with van der Waals surface area (Å²) in [6, 6.07) is 4.80. The number of anilines is 1. The van der Waals surface area contributed by atoms with E-state index >= 15 is 0 Å². The van der Waals surface area contributed by atoms with Gasteiger partial charge >= 0.3 is 0 Å². The van der Waals surface area contributed by atoms with Crippen LogP contribution in [0.25, 0.3) is 0 Å². The number of nitrogens with zero attached hydrogens (tertiary/aromatic N) is 1. The fourth-order valence-corrected chi connectivity index (χ4v) is 2.67. The van der Waals surface area contributed by atoms with Gasteiger partial charge in [0.1, 0.15) is 5.82 Å². The molecule has 0 spiro atoms. The van der Waals surface area contributed by atoms with E-state index in [1.165, 1.54) is 13.0 Å². The first-order valence-corrected chi connectivity index (χ1v) is 6.84. The zero-order chi connectivity index (χ0) is 14.2. The summed E-state index contributed by atoms with van der Waals surface area (Å²) in [7, 11) is 0. The number of benzene rings is 1. The van der Waals surface area contributed by atoms with Gasteiger partial charge < -0.3 is 4.90 Å². The molecule has 104 valence electrons. The van der Waals surface area contributed by atoms with Gasteiger partial charge in [-0.15, -0.1) is 0 Å². The van der Waals surface area contributed by atoms with E-state index < -0.39 is 0 Å². The van der Waals surface area contributed by atoms with Gasteiger partial charge in [0.05, 0.1) is 5.69 Å². The molecule has 0 aromatic heterocycles. The van der Waals surface area contributed by atoms with E-state index in [2.05, 4.69) is 25.7 Å². The molecule has 0 aliphatic carbocycles. The van der Waals surface area contributed by atoms with Crippen molar-refractivity contribution in [3.8, 4) is 0 Å². The topological polar surface area (TPSA) is 20.3 Å². The second-order valence-electron chi connectivity index (χ2n) is 6.52. The minimum atomic E-state index is -0.290. The minimum absolute atomic E-state index is 0.0977. The van der Waals surface area contributed by atoms with E-state index in [4.69, 9.17) is 0 Å². The Kier molecular flexibility index (Phi) is 3.66. The third-order valence-electron chi connectivity index (χ3n) is 4.11. The molecule has 19 heavy (non-hydrogen) atoms. The molecule has 1 aromatic carbocycles. The lowest BCUT2D eigenvalue weighted by Crippen LogP contribution is -2.26. The largest absolute Gasteiger partial charge is 0.369 e. The molecule has 1 aromatic rings. The lowest BCUT2D eigenvalue weighted by molar-refractivity contribution is 0.101. The van der Waals surface area contributed by atoms with E-state index in [9.17, 15) is 9.18 Å². The van der Waals surface area contributed by atoms with Gasteiger partial charge in [-0.25, -0.2) is 4.39 Å². The average Bonchev–Trinajstić information content (AvgIpc) is 2.77. The van der Waals surface area contributed by atoms with Crippen LogP contribution in [0.1, 0.15) is 44.5 Å². The van der Waals surface area contributed by atoms with Crippen LogP contribution in [0.2, 0.25) is 0 Å². The van der Waals surface area contributed by atoms with Gasteiger partial charge in [0.2, 0.25) is 0 Å². The first-order chi connectivity index (χ1) is 8.79. The number of carbonyl (C=O) groups is 1. The number of Topliss-reactive ketones (excluding diaryl/α,β-unsaturated/α-hetero) is 1. The van der Waals surface area contributed by atoms with Crippen molar-refractivity contribution >= 4 is 11.5 Å². The van der Waals surface area contributed by atoms with Gasteiger partial charge in [0.25, 0.3) is 0 Å². The Bertz CT molecular complexity index is 490. The highest BCUT2D eigenvalue weighted by atomic mass is 19.1. The molecule has 3 heteroatoms. The normalized spacial score (nSPS) is 19.8. The number of rotatable bonds is 2. The molecule has 1 fully saturated rings. The van der Waals surface area contributed by atoms with E-state index in [0.29, 0.717) is 17.2 Å². The zero-order valence-electron chi connectivity index (χ0n) is 12.2. The Hall–Kier alpha value is -1.38. The summed E-state index contributed by atoms with van der Waals surface area (Å²) in [4.78, 5) is 13.3. The molecule has 1 atom stereocenters. The molecule has 2 rings (SSSR count). The molecular weight excluding hydrogens is 241 g/mol. The first-order valence-electron chi connectivity index (χ1n) is 6.84. The van der Waals surface area contributed by atoms with Crippen LogP contribution < -0.4 is 4.90 Å². The van der Waals surface area contributed by atoms with E-state index in [-0.39, 0.29) is 17.0 Å². The number of carbonyl (C=O) groups excluding carboxylic acids is 1. The molecule has 1 aliphatic heterocycles. The predicted octanol–water partition coefficient (Wildman–Crippen LogP) is 3.90. The highest BCUT2D eigenvalue weighted by Crippen LogP contribution is 2.36. The number of hydrogen-bond donors (Lipinski definition) is 0. The molecule has 1 aliphatic rings. The standard InChI is InChI=1S/C16H22FNO/c1-11(19)12-5-6-15(14(17)9-12)18-8-7-13(10-18)16(2,3)4/h5-6,9,13H,7-8,10H2,1-4H3. The summed E-state index contributed by atoms with van der Waals surface area (Å²) in [5.74, 6) is 0.195. The molecule has 0 bridgehead atoms. The number of halogens is 1. The maximum absolute atomic E-state index is 14.1. The van der Waals surface area contributed by atoms with Crippen molar-refractivity contribution in [3.05, 3.63) is 29.6 Å². The second-order valence-corrected chi connectivity index (χ2v) is 6.52. The number of ketones is 1. The van der Waals surface area contributed by atoms with E-state index in [1.54, 1.807) is 12.1 Å². The Balaban J connectivity index is 2.18. The van der Waals surface area contributed by atoms with Gasteiger partial charge in [-0.2, -0.15) is 0 Å². The van der Waals surface area contributed by atoms with Crippen molar-refractivity contribution in [3.63, 3.8) is 0 Å². The summed E-state index contributed by atoms with van der Waals surface area (Å²) in [6.45, 7) is 9.93. The highest BCUT2D eigenvalue weighted by Gasteiger charge is 2.32. The summed E-state index contributed by atoms with van der Waals surface area (Å²) in [5.41, 5.74) is 1.31. The van der Waals surface area contributed by atoms with Crippen LogP contribution in [0.15, 0.2) is 18.2 Å². The van der Waals surface area contributed by atoms with E-state index in [0.717, 1.165) is 19.5 Å². The smallest absolute Gasteiger partial charge is 0.159 e. The molecule has 2 nitrogen and oxygen atoms in total. The maximum atomic E-state index is 14.1. The SMILES string of the molecule is CC(=O)c1ccc(N2CCC(C(C)(C)C)C2)c(F)c1. The van der Waals surface area contributed by atoms with Crippen molar-refractivity contribution in [1.29, 1.82) is 0 Å². The van der Waals surface area contributed by atoms with Crippen molar-refractivity contribution in [2.75, 3.05) is 18.0 Å².